The van der Waals surface area contributed by atoms with Crippen LogP contribution in [0.1, 0.15) is 18.9 Å². The molecule has 27 heavy (non-hydrogen) atoms. The molecule has 0 radical (unpaired) electrons. The molecule has 0 fully saturated rings. The van der Waals surface area contributed by atoms with Crippen LogP contribution >= 0.6 is 0 Å². The van der Waals surface area contributed by atoms with E-state index in [0.29, 0.717) is 30.1 Å². The lowest BCUT2D eigenvalue weighted by molar-refractivity contribution is -0.115. The van der Waals surface area contributed by atoms with Crippen LogP contribution in [-0.2, 0) is 21.5 Å². The lowest BCUT2D eigenvalue weighted by atomic mass is 10.1. The Morgan fingerprint density at radius 2 is 1.89 bits per heavy atom. The number of carbonyl (C=O) groups excluding carboxylic acids is 1. The summed E-state index contributed by atoms with van der Waals surface area (Å²) in [6.45, 7) is 2.24. The van der Waals surface area contributed by atoms with E-state index < -0.39 is 15.9 Å². The molecule has 0 spiro atoms. The first kappa shape index (κ1) is 20.7. The third kappa shape index (κ3) is 6.58. The Kier molecular flexibility index (Phi) is 7.20. The number of amides is 1. The van der Waals surface area contributed by atoms with E-state index in [2.05, 4.69) is 5.32 Å². The molecule has 0 atom stereocenters. The number of benzene rings is 2. The zero-order valence-corrected chi connectivity index (χ0v) is 16.2. The van der Waals surface area contributed by atoms with E-state index in [1.165, 1.54) is 7.11 Å². The topological polar surface area (TPSA) is 95.9 Å². The second-order valence-corrected chi connectivity index (χ2v) is 7.55. The fourth-order valence-corrected chi connectivity index (χ4v) is 3.03. The molecule has 0 saturated carbocycles. The van der Waals surface area contributed by atoms with E-state index in [9.17, 15) is 13.2 Å². The summed E-state index contributed by atoms with van der Waals surface area (Å²) in [7, 11) is -2.60. The van der Waals surface area contributed by atoms with Crippen molar-refractivity contribution in [1.82, 2.24) is 0 Å². The smallest absolute Gasteiger partial charge is 0.266 e. The number of methoxy groups -OCH3 is 1. The highest BCUT2D eigenvalue weighted by atomic mass is 32.2. The summed E-state index contributed by atoms with van der Waals surface area (Å²) in [5.41, 5.74) is 2.18. The monoisotopic (exact) mass is 392 g/mol. The molecule has 2 aromatic carbocycles. The molecule has 2 rings (SSSR count). The fourth-order valence-electron chi connectivity index (χ4n) is 2.58. The summed E-state index contributed by atoms with van der Waals surface area (Å²) in [4.78, 5) is 13.5. The maximum atomic E-state index is 11.7. The van der Waals surface area contributed by atoms with Crippen LogP contribution in [-0.4, -0.2) is 38.3 Å². The van der Waals surface area contributed by atoms with Crippen molar-refractivity contribution in [1.29, 1.82) is 0 Å². The number of hydrogen-bond acceptors (Lipinski definition) is 5. The maximum absolute atomic E-state index is 11.7. The Hall–Kier alpha value is -2.58. The third-order valence-corrected chi connectivity index (χ3v) is 4.66. The van der Waals surface area contributed by atoms with Gasteiger partial charge in [0.05, 0.1) is 18.6 Å². The Balaban J connectivity index is 2.38. The number of nitrogens with one attached hydrogen (secondary N) is 1. The molecule has 0 bridgehead atoms. The Labute approximate surface area is 159 Å². The first-order valence-electron chi connectivity index (χ1n) is 8.54. The average molecular weight is 392 g/mol. The highest BCUT2D eigenvalue weighted by molar-refractivity contribution is 7.85. The average Bonchev–Trinajstić information content (AvgIpc) is 2.65. The molecule has 0 unspecified atom stereocenters. The molecule has 0 saturated heterocycles. The summed E-state index contributed by atoms with van der Waals surface area (Å²) in [5.74, 6) is -0.0106. The molecular weight excluding hydrogens is 368 g/mol. The quantitative estimate of drug-likeness (QED) is 0.637. The van der Waals surface area contributed by atoms with Gasteiger partial charge in [0.25, 0.3) is 10.1 Å². The first-order chi connectivity index (χ1) is 12.8. The van der Waals surface area contributed by atoms with Gasteiger partial charge in [0.15, 0.2) is 0 Å². The lowest BCUT2D eigenvalue weighted by Gasteiger charge is -2.27. The van der Waals surface area contributed by atoms with Gasteiger partial charge < -0.3 is 15.0 Å². The van der Waals surface area contributed by atoms with Gasteiger partial charge in [-0.15, -0.1) is 0 Å². The minimum Gasteiger partial charge on any atom is -0.495 e. The number of anilines is 2. The molecule has 1 amide bonds. The van der Waals surface area contributed by atoms with Crippen molar-refractivity contribution < 1.29 is 22.5 Å². The predicted octanol–water partition coefficient (Wildman–Crippen LogP) is 2.94. The molecule has 2 aromatic rings. The van der Waals surface area contributed by atoms with Crippen molar-refractivity contribution in [3.63, 3.8) is 0 Å². The standard InChI is InChI=1S/C19H24N2O5S/c1-3-19(22)20-16-9-10-18(26-2)17(13-16)21(11-12-27(23,24)25)14-15-7-5-4-6-8-15/h4-10,13H,3,11-12,14H2,1-2H3,(H,20,22)(H,23,24,25). The maximum Gasteiger partial charge on any atom is 0.266 e. The first-order valence-corrected chi connectivity index (χ1v) is 10.1. The second kappa shape index (κ2) is 9.38. The summed E-state index contributed by atoms with van der Waals surface area (Å²) in [6.07, 6.45) is 0.345. The van der Waals surface area contributed by atoms with Crippen LogP contribution in [0, 0.1) is 0 Å². The Morgan fingerprint density at radius 1 is 1.19 bits per heavy atom. The predicted molar refractivity (Wildman–Crippen MR) is 106 cm³/mol. The van der Waals surface area contributed by atoms with Gasteiger partial charge >= 0.3 is 0 Å². The number of ether oxygens (including phenoxy) is 1. The van der Waals surface area contributed by atoms with Crippen LogP contribution in [0.3, 0.4) is 0 Å². The van der Waals surface area contributed by atoms with E-state index in [1.807, 2.05) is 30.3 Å². The van der Waals surface area contributed by atoms with Crippen molar-refractivity contribution >= 4 is 27.4 Å². The summed E-state index contributed by atoms with van der Waals surface area (Å²) in [5, 5.41) is 2.79. The van der Waals surface area contributed by atoms with Gasteiger partial charge in [-0.3, -0.25) is 9.35 Å². The van der Waals surface area contributed by atoms with Gasteiger partial charge in [0.1, 0.15) is 5.75 Å². The van der Waals surface area contributed by atoms with Crippen LogP contribution in [0.5, 0.6) is 5.75 Å². The van der Waals surface area contributed by atoms with Crippen LogP contribution < -0.4 is 15.0 Å². The zero-order chi connectivity index (χ0) is 19.9. The van der Waals surface area contributed by atoms with E-state index >= 15 is 0 Å². The minimum absolute atomic E-state index is 0.0647. The Bertz CT molecular complexity index is 869. The molecule has 0 aliphatic rings. The minimum atomic E-state index is -4.12. The van der Waals surface area contributed by atoms with Gasteiger partial charge in [-0.05, 0) is 23.8 Å². The fraction of sp³-hybridized carbons (Fsp3) is 0.316. The number of rotatable bonds is 9. The molecule has 0 aromatic heterocycles. The highest BCUT2D eigenvalue weighted by Gasteiger charge is 2.17. The van der Waals surface area contributed by atoms with Crippen molar-refractivity contribution in [3.05, 3.63) is 54.1 Å². The van der Waals surface area contributed by atoms with Crippen molar-refractivity contribution in [3.8, 4) is 5.75 Å². The van der Waals surface area contributed by atoms with Gasteiger partial charge in [-0.25, -0.2) is 0 Å². The molecule has 0 aliphatic carbocycles. The molecule has 8 heteroatoms. The number of hydrogen-bond donors (Lipinski definition) is 2. The van der Waals surface area contributed by atoms with Gasteiger partial charge in [0, 0.05) is 25.2 Å². The Morgan fingerprint density at radius 3 is 2.48 bits per heavy atom. The highest BCUT2D eigenvalue weighted by Crippen LogP contribution is 2.32. The summed E-state index contributed by atoms with van der Waals surface area (Å²) in [6, 6.07) is 14.7. The van der Waals surface area contributed by atoms with Crippen molar-refractivity contribution in [2.45, 2.75) is 19.9 Å². The van der Waals surface area contributed by atoms with Crippen molar-refractivity contribution in [2.75, 3.05) is 29.6 Å². The zero-order valence-electron chi connectivity index (χ0n) is 15.4. The normalized spacial score (nSPS) is 11.1. The molecule has 2 N–H and O–H groups in total. The summed E-state index contributed by atoms with van der Waals surface area (Å²) < 4.78 is 37.1. The van der Waals surface area contributed by atoms with E-state index in [4.69, 9.17) is 9.29 Å². The van der Waals surface area contributed by atoms with Gasteiger partial charge in [-0.1, -0.05) is 37.3 Å². The second-order valence-electron chi connectivity index (χ2n) is 5.98. The largest absolute Gasteiger partial charge is 0.495 e. The summed E-state index contributed by atoms with van der Waals surface area (Å²) >= 11 is 0. The lowest BCUT2D eigenvalue weighted by Crippen LogP contribution is -2.29. The number of carbonyl (C=O) groups is 1. The van der Waals surface area contributed by atoms with Gasteiger partial charge in [0.2, 0.25) is 5.91 Å². The van der Waals surface area contributed by atoms with Crippen molar-refractivity contribution in [2.24, 2.45) is 0 Å². The van der Waals surface area contributed by atoms with E-state index in [-0.39, 0.29) is 12.5 Å². The molecule has 7 nitrogen and oxygen atoms in total. The van der Waals surface area contributed by atoms with E-state index in [1.54, 1.807) is 30.0 Å². The SMILES string of the molecule is CCC(=O)Nc1ccc(OC)c(N(CCS(=O)(=O)O)Cc2ccccc2)c1. The van der Waals surface area contributed by atoms with Crippen LogP contribution in [0.15, 0.2) is 48.5 Å². The molecule has 0 aliphatic heterocycles. The van der Waals surface area contributed by atoms with Crippen LogP contribution in [0.25, 0.3) is 0 Å². The van der Waals surface area contributed by atoms with Crippen LogP contribution in [0.4, 0.5) is 11.4 Å². The van der Waals surface area contributed by atoms with E-state index in [0.717, 1.165) is 5.56 Å². The molecular formula is C19H24N2O5S. The molecule has 146 valence electrons. The third-order valence-electron chi connectivity index (χ3n) is 3.96. The van der Waals surface area contributed by atoms with Gasteiger partial charge in [-0.2, -0.15) is 8.42 Å². The van der Waals surface area contributed by atoms with Crippen LogP contribution in [0.2, 0.25) is 0 Å². The molecule has 0 heterocycles. The number of nitrogens with zero attached hydrogens (tertiary/aromatic N) is 1.